The molecule has 3 atom stereocenters. The molecule has 0 spiro atoms. The van der Waals surface area contributed by atoms with Crippen molar-refractivity contribution < 1.29 is 13.6 Å². The Labute approximate surface area is 212 Å². The minimum Gasteiger partial charge on any atom is -0.293 e. The van der Waals surface area contributed by atoms with Crippen LogP contribution in [0, 0.1) is 34.8 Å². The Bertz CT molecular complexity index is 1690. The molecule has 0 N–H and O–H groups in total. The van der Waals surface area contributed by atoms with Crippen LogP contribution in [0.25, 0.3) is 33.5 Å². The predicted octanol–water partition coefficient (Wildman–Crippen LogP) is 6.13. The highest BCUT2D eigenvalue weighted by atomic mass is 19.1. The molecule has 4 aromatic rings. The number of carbonyl (C=O) groups is 1. The number of allylic oxidation sites excluding steroid dienone is 2. The van der Waals surface area contributed by atoms with E-state index in [-0.39, 0.29) is 23.2 Å². The van der Waals surface area contributed by atoms with Crippen LogP contribution in [0.15, 0.2) is 66.4 Å². The van der Waals surface area contributed by atoms with Crippen LogP contribution in [0.4, 0.5) is 8.78 Å². The summed E-state index contributed by atoms with van der Waals surface area (Å²) in [6.07, 6.45) is 4.57. The lowest BCUT2D eigenvalue weighted by Gasteiger charge is -2.45. The summed E-state index contributed by atoms with van der Waals surface area (Å²) < 4.78 is 29.1. The molecule has 2 aliphatic carbocycles. The molecule has 5 nitrogen and oxygen atoms in total. The van der Waals surface area contributed by atoms with Crippen LogP contribution in [0.5, 0.6) is 0 Å². The fraction of sp³-hybridized carbons (Fsp3) is 0.233. The highest BCUT2D eigenvalue weighted by molar-refractivity contribution is 6.02. The molecule has 0 saturated carbocycles. The standard InChI is InChI=1S/C30H22F2N4O/c1-16-23-10-9-22-26(21-5-3-4-6-24(21)32)35-29(20-11-12-34-25-13-18(31)7-8-19(20)25)36-28(22)30(23,2)14-17(15-33)27(16)37/h3-8,11-14,16,23H,9-10H2,1-2H3/t16-,23-,30-/m1/s1. The predicted molar refractivity (Wildman–Crippen MR) is 135 cm³/mol. The number of ketones is 1. The van der Waals surface area contributed by atoms with Gasteiger partial charge in [0.05, 0.1) is 22.5 Å². The minimum absolute atomic E-state index is 0.0656. The zero-order valence-corrected chi connectivity index (χ0v) is 20.3. The first kappa shape index (κ1) is 23.1. The van der Waals surface area contributed by atoms with Gasteiger partial charge in [-0.25, -0.2) is 18.7 Å². The number of rotatable bonds is 2. The summed E-state index contributed by atoms with van der Waals surface area (Å²) in [5, 5.41) is 10.4. The summed E-state index contributed by atoms with van der Waals surface area (Å²) in [4.78, 5) is 27.1. The Morgan fingerprint density at radius 1 is 1.08 bits per heavy atom. The first-order valence-electron chi connectivity index (χ1n) is 12.2. The Balaban J connectivity index is 1.69. The van der Waals surface area contributed by atoms with Gasteiger partial charge < -0.3 is 0 Å². The Kier molecular flexibility index (Phi) is 5.23. The lowest BCUT2D eigenvalue weighted by molar-refractivity contribution is -0.121. The first-order valence-corrected chi connectivity index (χ1v) is 12.2. The third-order valence-electron chi connectivity index (χ3n) is 7.91. The van der Waals surface area contributed by atoms with E-state index in [0.717, 1.165) is 5.56 Å². The number of nitrogens with zero attached hydrogens (tertiary/aromatic N) is 4. The van der Waals surface area contributed by atoms with Gasteiger partial charge in [0.25, 0.3) is 0 Å². The van der Waals surface area contributed by atoms with Crippen molar-refractivity contribution >= 4 is 16.7 Å². The average molecular weight is 493 g/mol. The van der Waals surface area contributed by atoms with E-state index in [0.29, 0.717) is 52.1 Å². The molecule has 2 aliphatic rings. The summed E-state index contributed by atoms with van der Waals surface area (Å²) >= 11 is 0. The van der Waals surface area contributed by atoms with Gasteiger partial charge in [-0.1, -0.05) is 32.1 Å². The van der Waals surface area contributed by atoms with E-state index in [9.17, 15) is 14.4 Å². The molecule has 0 bridgehead atoms. The lowest BCUT2D eigenvalue weighted by Crippen LogP contribution is -2.46. The zero-order valence-electron chi connectivity index (χ0n) is 20.3. The van der Waals surface area contributed by atoms with E-state index >= 15 is 4.39 Å². The Hall–Kier alpha value is -4.31. The lowest BCUT2D eigenvalue weighted by atomic mass is 9.57. The molecule has 0 amide bonds. The molecule has 2 heterocycles. The van der Waals surface area contributed by atoms with E-state index in [4.69, 9.17) is 9.97 Å². The second kappa shape index (κ2) is 8.38. The van der Waals surface area contributed by atoms with Crippen molar-refractivity contribution in [3.8, 4) is 28.7 Å². The van der Waals surface area contributed by atoms with Gasteiger partial charge in [0.1, 0.15) is 17.7 Å². The average Bonchev–Trinajstić information content (AvgIpc) is 2.90. The molecule has 0 aliphatic heterocycles. The van der Waals surface area contributed by atoms with Crippen LogP contribution in [0.2, 0.25) is 0 Å². The van der Waals surface area contributed by atoms with E-state index in [1.807, 2.05) is 13.8 Å². The summed E-state index contributed by atoms with van der Waals surface area (Å²) in [6, 6.07) is 14.7. The summed E-state index contributed by atoms with van der Waals surface area (Å²) in [7, 11) is 0. The van der Waals surface area contributed by atoms with Crippen molar-refractivity contribution in [1.82, 2.24) is 15.0 Å². The van der Waals surface area contributed by atoms with Crippen molar-refractivity contribution in [3.05, 3.63) is 89.3 Å². The molecule has 6 rings (SSSR count). The molecular weight excluding hydrogens is 470 g/mol. The second-order valence-electron chi connectivity index (χ2n) is 9.97. The smallest absolute Gasteiger partial charge is 0.176 e. The van der Waals surface area contributed by atoms with Gasteiger partial charge in [-0.3, -0.25) is 9.78 Å². The number of fused-ring (bicyclic) bond motifs is 4. The van der Waals surface area contributed by atoms with Crippen LogP contribution in [0.1, 0.15) is 31.5 Å². The van der Waals surface area contributed by atoms with Crippen LogP contribution < -0.4 is 0 Å². The molecule has 2 aromatic carbocycles. The number of halogens is 2. The second-order valence-corrected chi connectivity index (χ2v) is 9.97. The molecule has 0 radical (unpaired) electrons. The number of hydrogen-bond acceptors (Lipinski definition) is 5. The third kappa shape index (κ3) is 3.47. The molecular formula is C30H22F2N4O. The molecule has 0 fully saturated rings. The van der Waals surface area contributed by atoms with Gasteiger partial charge in [-0.2, -0.15) is 5.26 Å². The topological polar surface area (TPSA) is 79.5 Å². The normalized spacial score (nSPS) is 22.7. The largest absolute Gasteiger partial charge is 0.293 e. The minimum atomic E-state index is -0.724. The maximum absolute atomic E-state index is 15.1. The Morgan fingerprint density at radius 3 is 2.68 bits per heavy atom. The third-order valence-corrected chi connectivity index (χ3v) is 7.91. The molecule has 0 unspecified atom stereocenters. The van der Waals surface area contributed by atoms with Crippen molar-refractivity contribution in [2.45, 2.75) is 32.1 Å². The number of Topliss-reactive ketones (excluding diaryl/α,β-unsaturated/α-hetero) is 1. The highest BCUT2D eigenvalue weighted by Gasteiger charge is 2.49. The summed E-state index contributed by atoms with van der Waals surface area (Å²) in [5.41, 5.74) is 2.84. The fourth-order valence-electron chi connectivity index (χ4n) is 6.09. The molecule has 37 heavy (non-hydrogen) atoms. The zero-order chi connectivity index (χ0) is 25.9. The number of benzene rings is 2. The number of aromatic nitrogens is 3. The van der Waals surface area contributed by atoms with E-state index < -0.39 is 17.0 Å². The van der Waals surface area contributed by atoms with Gasteiger partial charge in [0.15, 0.2) is 11.6 Å². The SMILES string of the molecule is C[C@H]1C(=O)C(C#N)=C[C@@]2(C)c3nc(-c4ccnc5cc(F)ccc45)nc(-c4ccccc4F)c3CC[C@H]12. The van der Waals surface area contributed by atoms with E-state index in [2.05, 4.69) is 11.1 Å². The van der Waals surface area contributed by atoms with Gasteiger partial charge >= 0.3 is 0 Å². The van der Waals surface area contributed by atoms with Crippen molar-refractivity contribution in [1.29, 1.82) is 5.26 Å². The number of pyridine rings is 1. The molecule has 2 aromatic heterocycles. The monoisotopic (exact) mass is 492 g/mol. The van der Waals surface area contributed by atoms with E-state index in [1.54, 1.807) is 42.6 Å². The molecule has 0 saturated heterocycles. The number of carbonyl (C=O) groups excluding carboxylic acids is 1. The maximum atomic E-state index is 15.1. The number of hydrogen-bond donors (Lipinski definition) is 0. The Morgan fingerprint density at radius 2 is 1.89 bits per heavy atom. The van der Waals surface area contributed by atoms with Gasteiger partial charge in [0, 0.05) is 45.7 Å². The van der Waals surface area contributed by atoms with Crippen molar-refractivity contribution in [3.63, 3.8) is 0 Å². The van der Waals surface area contributed by atoms with Crippen LogP contribution in [-0.2, 0) is 16.6 Å². The number of nitriles is 1. The van der Waals surface area contributed by atoms with Crippen LogP contribution in [0.3, 0.4) is 0 Å². The van der Waals surface area contributed by atoms with Gasteiger partial charge in [-0.15, -0.1) is 0 Å². The molecule has 182 valence electrons. The maximum Gasteiger partial charge on any atom is 0.176 e. The van der Waals surface area contributed by atoms with Gasteiger partial charge in [-0.05, 0) is 49.1 Å². The van der Waals surface area contributed by atoms with Crippen molar-refractivity contribution in [2.24, 2.45) is 11.8 Å². The van der Waals surface area contributed by atoms with Crippen LogP contribution >= 0.6 is 0 Å². The van der Waals surface area contributed by atoms with E-state index in [1.165, 1.54) is 18.2 Å². The van der Waals surface area contributed by atoms with Crippen LogP contribution in [-0.4, -0.2) is 20.7 Å². The summed E-state index contributed by atoms with van der Waals surface area (Å²) in [6.45, 7) is 3.86. The quantitative estimate of drug-likeness (QED) is 0.337. The van der Waals surface area contributed by atoms with Crippen molar-refractivity contribution in [2.75, 3.05) is 0 Å². The fourth-order valence-corrected chi connectivity index (χ4v) is 6.09. The van der Waals surface area contributed by atoms with Gasteiger partial charge in [0.2, 0.25) is 0 Å². The highest BCUT2D eigenvalue weighted by Crippen LogP contribution is 2.51. The summed E-state index contributed by atoms with van der Waals surface area (Å²) in [5.74, 6) is -1.01. The first-order chi connectivity index (χ1) is 17.8. The molecule has 7 heteroatoms.